The minimum atomic E-state index is -0.346. The summed E-state index contributed by atoms with van der Waals surface area (Å²) in [4.78, 5) is 44.7. The fraction of sp³-hybridized carbons (Fsp3) is 0.222. The molecule has 28 heavy (non-hydrogen) atoms. The third-order valence-electron chi connectivity index (χ3n) is 4.27. The maximum absolute atomic E-state index is 12.6. The fourth-order valence-electron chi connectivity index (χ4n) is 2.83. The van der Waals surface area contributed by atoms with Crippen LogP contribution in [0.5, 0.6) is 0 Å². The molecule has 3 aromatic heterocycles. The summed E-state index contributed by atoms with van der Waals surface area (Å²) >= 11 is 1.29. The summed E-state index contributed by atoms with van der Waals surface area (Å²) in [7, 11) is 0. The van der Waals surface area contributed by atoms with Gasteiger partial charge in [-0.05, 0) is 23.6 Å². The number of furan rings is 1. The predicted molar refractivity (Wildman–Crippen MR) is 99.3 cm³/mol. The topological polar surface area (TPSA) is 109 Å². The monoisotopic (exact) mass is 400 g/mol. The third kappa shape index (κ3) is 3.67. The quantitative estimate of drug-likeness (QED) is 0.719. The number of nitrogens with zero attached hydrogens (tertiary/aromatic N) is 3. The van der Waals surface area contributed by atoms with Gasteiger partial charge in [0, 0.05) is 26.2 Å². The molecule has 0 radical (unpaired) electrons. The van der Waals surface area contributed by atoms with Crippen LogP contribution < -0.4 is 5.32 Å². The summed E-state index contributed by atoms with van der Waals surface area (Å²) in [5, 5.41) is 4.31. The van der Waals surface area contributed by atoms with Gasteiger partial charge in [0.1, 0.15) is 6.26 Å². The Morgan fingerprint density at radius 1 is 1.00 bits per heavy atom. The van der Waals surface area contributed by atoms with E-state index >= 15 is 0 Å². The maximum atomic E-state index is 12.6. The van der Waals surface area contributed by atoms with Crippen LogP contribution in [0.2, 0.25) is 0 Å². The van der Waals surface area contributed by atoms with Crippen LogP contribution in [0, 0.1) is 0 Å². The number of carbonyl (C=O) groups is 3. The molecule has 10 heteroatoms. The van der Waals surface area contributed by atoms with Gasteiger partial charge in [0.15, 0.2) is 11.5 Å². The number of aromatic nitrogens is 1. The van der Waals surface area contributed by atoms with Crippen LogP contribution in [0.25, 0.3) is 0 Å². The second-order valence-corrected chi connectivity index (χ2v) is 6.98. The normalized spacial score (nSPS) is 14.1. The highest BCUT2D eigenvalue weighted by Crippen LogP contribution is 2.16. The number of amides is 3. The van der Waals surface area contributed by atoms with Crippen molar-refractivity contribution in [2.75, 3.05) is 31.5 Å². The highest BCUT2D eigenvalue weighted by atomic mass is 32.1. The molecule has 1 fully saturated rings. The molecule has 3 aromatic rings. The highest BCUT2D eigenvalue weighted by Gasteiger charge is 2.28. The third-order valence-corrected chi connectivity index (χ3v) is 5.14. The molecule has 4 heterocycles. The molecule has 1 aliphatic rings. The van der Waals surface area contributed by atoms with Crippen molar-refractivity contribution >= 4 is 35.1 Å². The van der Waals surface area contributed by atoms with E-state index in [-0.39, 0.29) is 35.2 Å². The molecule has 1 N–H and O–H groups in total. The number of rotatable bonds is 4. The fourth-order valence-corrected chi connectivity index (χ4v) is 3.45. The maximum Gasteiger partial charge on any atom is 0.302 e. The molecular weight excluding hydrogens is 384 g/mol. The van der Waals surface area contributed by atoms with Crippen LogP contribution >= 0.6 is 11.3 Å². The lowest BCUT2D eigenvalue weighted by molar-refractivity contribution is 0.0515. The molecule has 0 aliphatic carbocycles. The molecule has 0 spiro atoms. The first kappa shape index (κ1) is 18.0. The lowest BCUT2D eigenvalue weighted by atomic mass is 10.2. The Kier molecular flexibility index (Phi) is 4.94. The van der Waals surface area contributed by atoms with Gasteiger partial charge in [0.25, 0.3) is 17.7 Å². The lowest BCUT2D eigenvalue weighted by Crippen LogP contribution is -2.50. The van der Waals surface area contributed by atoms with Gasteiger partial charge in [-0.15, -0.1) is 11.3 Å². The summed E-state index contributed by atoms with van der Waals surface area (Å²) in [6.45, 7) is 1.53. The molecular formula is C18H16N4O5S. The van der Waals surface area contributed by atoms with Gasteiger partial charge in [-0.25, -0.2) is 0 Å². The number of anilines is 1. The summed E-state index contributed by atoms with van der Waals surface area (Å²) in [5.74, 6) is -0.578. The van der Waals surface area contributed by atoms with Gasteiger partial charge < -0.3 is 18.6 Å². The van der Waals surface area contributed by atoms with E-state index in [1.807, 2.05) is 0 Å². The number of hydrogen-bond donors (Lipinski definition) is 1. The molecule has 0 bridgehead atoms. The molecule has 4 rings (SSSR count). The summed E-state index contributed by atoms with van der Waals surface area (Å²) in [6, 6.07) is 6.68. The van der Waals surface area contributed by atoms with Crippen molar-refractivity contribution in [2.24, 2.45) is 0 Å². The summed E-state index contributed by atoms with van der Waals surface area (Å²) < 4.78 is 10.3. The van der Waals surface area contributed by atoms with E-state index in [4.69, 9.17) is 8.83 Å². The van der Waals surface area contributed by atoms with Gasteiger partial charge in [-0.3, -0.25) is 19.7 Å². The number of oxazole rings is 1. The van der Waals surface area contributed by atoms with Crippen LogP contribution in [-0.2, 0) is 0 Å². The number of carbonyl (C=O) groups excluding carboxylic acids is 3. The Labute approximate surface area is 163 Å². The van der Waals surface area contributed by atoms with Gasteiger partial charge >= 0.3 is 6.01 Å². The second kappa shape index (κ2) is 7.69. The largest absolute Gasteiger partial charge is 0.459 e. The van der Waals surface area contributed by atoms with E-state index in [0.717, 1.165) is 0 Å². The van der Waals surface area contributed by atoms with Crippen molar-refractivity contribution in [1.82, 2.24) is 14.8 Å². The van der Waals surface area contributed by atoms with Crippen LogP contribution in [-0.4, -0.2) is 58.7 Å². The molecule has 3 amide bonds. The van der Waals surface area contributed by atoms with Crippen molar-refractivity contribution in [3.63, 3.8) is 0 Å². The minimum absolute atomic E-state index is 0.0339. The zero-order valence-corrected chi connectivity index (χ0v) is 15.5. The average molecular weight is 400 g/mol. The zero-order valence-electron chi connectivity index (χ0n) is 14.7. The molecule has 9 nitrogen and oxygen atoms in total. The van der Waals surface area contributed by atoms with Gasteiger partial charge in [0.05, 0.1) is 11.1 Å². The van der Waals surface area contributed by atoms with Gasteiger partial charge in [0.2, 0.25) is 0 Å². The van der Waals surface area contributed by atoms with Crippen molar-refractivity contribution in [3.05, 3.63) is 58.5 Å². The minimum Gasteiger partial charge on any atom is -0.459 e. The average Bonchev–Trinajstić information content (AvgIpc) is 3.49. The number of piperazine rings is 1. The predicted octanol–water partition coefficient (Wildman–Crippen LogP) is 2.18. The Morgan fingerprint density at radius 2 is 1.75 bits per heavy atom. The van der Waals surface area contributed by atoms with Crippen LogP contribution in [0.4, 0.5) is 6.01 Å². The molecule has 0 aromatic carbocycles. The second-order valence-electron chi connectivity index (χ2n) is 6.03. The van der Waals surface area contributed by atoms with E-state index in [2.05, 4.69) is 10.3 Å². The standard InChI is InChI=1S/C18H16N4O5S/c23-15(14-4-2-10-28-14)20-18-19-12(11-27-18)16(24)21-5-7-22(8-6-21)17(25)13-3-1-9-26-13/h1-4,9-11H,5-8H2,(H,19,20,23). The van der Waals surface area contributed by atoms with Crippen LogP contribution in [0.3, 0.4) is 0 Å². The van der Waals surface area contributed by atoms with Crippen molar-refractivity contribution in [3.8, 4) is 0 Å². The Bertz CT molecular complexity index is 972. The van der Waals surface area contributed by atoms with Gasteiger partial charge in [-0.1, -0.05) is 6.07 Å². The molecule has 0 saturated carbocycles. The van der Waals surface area contributed by atoms with E-state index < -0.39 is 0 Å². The molecule has 1 aliphatic heterocycles. The first-order valence-electron chi connectivity index (χ1n) is 8.54. The van der Waals surface area contributed by atoms with Gasteiger partial charge in [-0.2, -0.15) is 4.98 Å². The number of hydrogen-bond acceptors (Lipinski definition) is 7. The Morgan fingerprint density at radius 3 is 2.39 bits per heavy atom. The Balaban J connectivity index is 1.34. The highest BCUT2D eigenvalue weighted by molar-refractivity contribution is 7.12. The molecule has 144 valence electrons. The molecule has 1 saturated heterocycles. The van der Waals surface area contributed by atoms with Crippen molar-refractivity contribution in [2.45, 2.75) is 0 Å². The smallest absolute Gasteiger partial charge is 0.302 e. The summed E-state index contributed by atoms with van der Waals surface area (Å²) in [6.07, 6.45) is 2.67. The number of nitrogens with one attached hydrogen (secondary N) is 1. The van der Waals surface area contributed by atoms with E-state index in [1.165, 1.54) is 23.9 Å². The van der Waals surface area contributed by atoms with Crippen LogP contribution in [0.1, 0.15) is 30.7 Å². The van der Waals surface area contributed by atoms with Crippen LogP contribution in [0.15, 0.2) is 51.0 Å². The van der Waals surface area contributed by atoms with E-state index in [1.54, 1.807) is 39.4 Å². The zero-order chi connectivity index (χ0) is 19.5. The SMILES string of the molecule is O=C(Nc1nc(C(=O)N2CCN(C(=O)c3ccco3)CC2)co1)c1cccs1. The molecule has 0 atom stereocenters. The first-order valence-corrected chi connectivity index (χ1v) is 9.42. The molecule has 0 unspecified atom stereocenters. The van der Waals surface area contributed by atoms with E-state index in [0.29, 0.717) is 31.1 Å². The van der Waals surface area contributed by atoms with Crippen molar-refractivity contribution in [1.29, 1.82) is 0 Å². The number of thiophene rings is 1. The summed E-state index contributed by atoms with van der Waals surface area (Å²) in [5.41, 5.74) is 0.104. The van der Waals surface area contributed by atoms with Crippen molar-refractivity contribution < 1.29 is 23.2 Å². The van der Waals surface area contributed by atoms with E-state index in [9.17, 15) is 14.4 Å². The lowest BCUT2D eigenvalue weighted by Gasteiger charge is -2.33. The first-order chi connectivity index (χ1) is 13.6. The Hall–Kier alpha value is -3.40.